The molecule has 3 rings (SSSR count). The van der Waals surface area contributed by atoms with Crippen molar-refractivity contribution in [3.8, 4) is 11.5 Å². The smallest absolute Gasteiger partial charge is 0.400 e. The van der Waals surface area contributed by atoms with Crippen LogP contribution < -0.4 is 14.1 Å². The number of para-hydroxylation sites is 1. The van der Waals surface area contributed by atoms with E-state index in [1.165, 1.54) is 0 Å². The lowest BCUT2D eigenvalue weighted by molar-refractivity contribution is 0.390. The normalized spacial score (nSPS) is 11.2. The maximum absolute atomic E-state index is 13.8. The van der Waals surface area contributed by atoms with Crippen molar-refractivity contribution in [3.05, 3.63) is 88.5 Å². The molecular weight excluding hydrogens is 369 g/mol. The van der Waals surface area contributed by atoms with Crippen molar-refractivity contribution in [1.29, 1.82) is 0 Å². The number of rotatable bonds is 6. The molecule has 146 valence electrons. The van der Waals surface area contributed by atoms with Gasteiger partial charge in [-0.1, -0.05) is 42.5 Å². The molecule has 0 amide bonds. The zero-order chi connectivity index (χ0) is 20.3. The van der Waals surface area contributed by atoms with Crippen LogP contribution in [0.3, 0.4) is 0 Å². The second-order valence-electron chi connectivity index (χ2n) is 7.00. The summed E-state index contributed by atoms with van der Waals surface area (Å²) in [6, 6.07) is 19.0. The van der Waals surface area contributed by atoms with Gasteiger partial charge in [-0.15, -0.1) is 0 Å². The first-order chi connectivity index (χ1) is 13.3. The molecule has 5 heteroatoms. The van der Waals surface area contributed by atoms with Crippen LogP contribution >= 0.6 is 7.75 Å². The van der Waals surface area contributed by atoms with Crippen LogP contribution in [0.1, 0.15) is 27.8 Å². The van der Waals surface area contributed by atoms with Gasteiger partial charge in [0.15, 0.2) is 0 Å². The van der Waals surface area contributed by atoms with Gasteiger partial charge in [0.25, 0.3) is 0 Å². The van der Waals surface area contributed by atoms with E-state index in [2.05, 4.69) is 5.09 Å². The number of anilines is 1. The molecule has 0 aliphatic rings. The van der Waals surface area contributed by atoms with E-state index in [0.29, 0.717) is 17.2 Å². The SMILES string of the molecule is Cc1ccccc1NP(=O)(Oc1cccc(C)c1C)Oc1cccc(C)c1C. The first kappa shape index (κ1) is 20.0. The first-order valence-corrected chi connectivity index (χ1v) is 10.8. The van der Waals surface area contributed by atoms with E-state index in [0.717, 1.165) is 27.8 Å². The zero-order valence-corrected chi connectivity index (χ0v) is 17.8. The van der Waals surface area contributed by atoms with Gasteiger partial charge in [0.1, 0.15) is 11.5 Å². The number of hydrogen-bond acceptors (Lipinski definition) is 3. The predicted octanol–water partition coefficient (Wildman–Crippen LogP) is 6.91. The van der Waals surface area contributed by atoms with Gasteiger partial charge in [0.05, 0.1) is 0 Å². The number of benzene rings is 3. The molecule has 0 atom stereocenters. The van der Waals surface area contributed by atoms with Crippen LogP contribution in [0.5, 0.6) is 11.5 Å². The monoisotopic (exact) mass is 395 g/mol. The molecule has 0 radical (unpaired) electrons. The van der Waals surface area contributed by atoms with Crippen LogP contribution in [0.2, 0.25) is 0 Å². The van der Waals surface area contributed by atoms with Crippen molar-refractivity contribution in [2.24, 2.45) is 0 Å². The third-order valence-corrected chi connectivity index (χ3v) is 6.34. The Labute approximate surface area is 167 Å². The molecule has 0 heterocycles. The summed E-state index contributed by atoms with van der Waals surface area (Å²) in [4.78, 5) is 0. The van der Waals surface area contributed by atoms with Gasteiger partial charge in [-0.25, -0.2) is 4.57 Å². The summed E-state index contributed by atoms with van der Waals surface area (Å²) in [6.07, 6.45) is 0. The average Bonchev–Trinajstić information content (AvgIpc) is 2.65. The molecule has 0 fully saturated rings. The van der Waals surface area contributed by atoms with E-state index < -0.39 is 7.75 Å². The van der Waals surface area contributed by atoms with Crippen molar-refractivity contribution in [2.45, 2.75) is 34.6 Å². The van der Waals surface area contributed by atoms with Crippen molar-refractivity contribution < 1.29 is 13.6 Å². The third kappa shape index (κ3) is 4.40. The van der Waals surface area contributed by atoms with Gasteiger partial charge in [0, 0.05) is 5.69 Å². The molecule has 1 N–H and O–H groups in total. The molecule has 0 bridgehead atoms. The summed E-state index contributed by atoms with van der Waals surface area (Å²) in [6.45, 7) is 9.82. The summed E-state index contributed by atoms with van der Waals surface area (Å²) in [5, 5.41) is 3.03. The van der Waals surface area contributed by atoms with Gasteiger partial charge >= 0.3 is 7.75 Å². The lowest BCUT2D eigenvalue weighted by atomic mass is 10.1. The molecule has 4 nitrogen and oxygen atoms in total. The van der Waals surface area contributed by atoms with Crippen LogP contribution in [0, 0.1) is 34.6 Å². The molecule has 0 aliphatic heterocycles. The minimum atomic E-state index is -3.76. The molecule has 0 spiro atoms. The van der Waals surface area contributed by atoms with Crippen LogP contribution in [0.25, 0.3) is 0 Å². The van der Waals surface area contributed by atoms with Gasteiger partial charge in [0.2, 0.25) is 0 Å². The minimum absolute atomic E-state index is 0.537. The molecule has 0 saturated carbocycles. The topological polar surface area (TPSA) is 47.6 Å². The summed E-state index contributed by atoms with van der Waals surface area (Å²) >= 11 is 0. The van der Waals surface area contributed by atoms with Gasteiger partial charge in [-0.05, 0) is 80.6 Å². The van der Waals surface area contributed by atoms with Crippen LogP contribution in [0.4, 0.5) is 5.69 Å². The molecule has 0 unspecified atom stereocenters. The molecule has 0 aromatic heterocycles. The molecule has 0 saturated heterocycles. The lowest BCUT2D eigenvalue weighted by Crippen LogP contribution is -2.12. The predicted molar refractivity (Wildman–Crippen MR) is 115 cm³/mol. The fourth-order valence-corrected chi connectivity index (χ4v) is 4.40. The van der Waals surface area contributed by atoms with Gasteiger partial charge in [-0.3, -0.25) is 5.09 Å². The lowest BCUT2D eigenvalue weighted by Gasteiger charge is -2.24. The summed E-state index contributed by atoms with van der Waals surface area (Å²) in [5.41, 5.74) is 5.65. The Morgan fingerprint density at radius 1 is 0.643 bits per heavy atom. The Kier molecular flexibility index (Phi) is 5.81. The maximum atomic E-state index is 13.8. The Balaban J connectivity index is 2.02. The number of aryl methyl sites for hydroxylation is 3. The largest absolute Gasteiger partial charge is 0.541 e. The number of hydrogen-bond donors (Lipinski definition) is 1. The fraction of sp³-hybridized carbons (Fsp3) is 0.217. The van der Waals surface area contributed by atoms with Gasteiger partial charge < -0.3 is 9.05 Å². The summed E-state index contributed by atoms with van der Waals surface area (Å²) in [7, 11) is -3.76. The van der Waals surface area contributed by atoms with Crippen LogP contribution in [-0.2, 0) is 4.57 Å². The second kappa shape index (κ2) is 8.12. The maximum Gasteiger partial charge on any atom is 0.541 e. The van der Waals surface area contributed by atoms with E-state index in [1.54, 1.807) is 12.1 Å². The van der Waals surface area contributed by atoms with Crippen molar-refractivity contribution >= 4 is 13.4 Å². The van der Waals surface area contributed by atoms with E-state index >= 15 is 0 Å². The zero-order valence-electron chi connectivity index (χ0n) is 16.9. The molecular formula is C23H26NO3P. The fourth-order valence-electron chi connectivity index (χ4n) is 2.82. The van der Waals surface area contributed by atoms with E-state index in [1.807, 2.05) is 83.1 Å². The van der Waals surface area contributed by atoms with E-state index in [9.17, 15) is 4.57 Å². The molecule has 3 aromatic rings. The Morgan fingerprint density at radius 2 is 1.11 bits per heavy atom. The van der Waals surface area contributed by atoms with Crippen LogP contribution in [0.15, 0.2) is 60.7 Å². The Morgan fingerprint density at radius 3 is 1.61 bits per heavy atom. The van der Waals surface area contributed by atoms with E-state index in [4.69, 9.17) is 9.05 Å². The summed E-state index contributed by atoms with van der Waals surface area (Å²) in [5.74, 6) is 1.07. The Hall–Kier alpha value is -2.71. The highest BCUT2D eigenvalue weighted by Crippen LogP contribution is 2.50. The molecule has 28 heavy (non-hydrogen) atoms. The number of nitrogens with one attached hydrogen (secondary N) is 1. The Bertz CT molecular complexity index is 988. The molecule has 0 aliphatic carbocycles. The van der Waals surface area contributed by atoms with Gasteiger partial charge in [-0.2, -0.15) is 0 Å². The van der Waals surface area contributed by atoms with Crippen molar-refractivity contribution in [2.75, 3.05) is 5.09 Å². The van der Waals surface area contributed by atoms with Crippen molar-refractivity contribution in [1.82, 2.24) is 0 Å². The highest BCUT2D eigenvalue weighted by molar-refractivity contribution is 7.56. The first-order valence-electron chi connectivity index (χ1n) is 9.24. The highest BCUT2D eigenvalue weighted by Gasteiger charge is 2.31. The third-order valence-electron chi connectivity index (χ3n) is 4.95. The molecule has 3 aromatic carbocycles. The van der Waals surface area contributed by atoms with E-state index in [-0.39, 0.29) is 0 Å². The highest BCUT2D eigenvalue weighted by atomic mass is 31.2. The van der Waals surface area contributed by atoms with Crippen LogP contribution in [-0.4, -0.2) is 0 Å². The second-order valence-corrected chi connectivity index (χ2v) is 8.59. The summed E-state index contributed by atoms with van der Waals surface area (Å²) < 4.78 is 25.8. The standard InChI is InChI=1S/C23H26NO3P/c1-16-11-8-14-22(19(16)4)26-28(25,24-21-13-7-6-10-18(21)3)27-23-15-9-12-17(2)20(23)5/h6-15H,1-5H3,(H,24,25). The van der Waals surface area contributed by atoms with Crippen molar-refractivity contribution in [3.63, 3.8) is 0 Å². The minimum Gasteiger partial charge on any atom is -0.400 e. The quantitative estimate of drug-likeness (QED) is 0.461. The average molecular weight is 395 g/mol.